The number of pyridine rings is 1. The first-order chi connectivity index (χ1) is 9.78. The van der Waals surface area contributed by atoms with E-state index in [1.54, 1.807) is 12.3 Å². The summed E-state index contributed by atoms with van der Waals surface area (Å²) in [6, 6.07) is 15.0. The Hall–Kier alpha value is -2.26. The predicted molar refractivity (Wildman–Crippen MR) is 79.9 cm³/mol. The van der Waals surface area contributed by atoms with Gasteiger partial charge in [0.05, 0.1) is 5.52 Å². The molecule has 3 heteroatoms. The van der Waals surface area contributed by atoms with Gasteiger partial charge in [0.15, 0.2) is 0 Å². The summed E-state index contributed by atoms with van der Waals surface area (Å²) in [5, 5.41) is 4.04. The van der Waals surface area contributed by atoms with Crippen molar-refractivity contribution < 1.29 is 4.39 Å². The molecular formula is C17H15FN2. The molecule has 100 valence electrons. The van der Waals surface area contributed by atoms with E-state index in [1.807, 2.05) is 49.5 Å². The molecule has 0 saturated carbocycles. The molecule has 0 unspecified atom stereocenters. The van der Waals surface area contributed by atoms with Crippen molar-refractivity contribution in [1.29, 1.82) is 0 Å². The summed E-state index contributed by atoms with van der Waals surface area (Å²) in [5.74, 6) is -0.194. The molecule has 0 atom stereocenters. The highest BCUT2D eigenvalue weighted by molar-refractivity contribution is 5.84. The van der Waals surface area contributed by atoms with E-state index in [-0.39, 0.29) is 5.82 Å². The van der Waals surface area contributed by atoms with E-state index in [1.165, 1.54) is 0 Å². The quantitative estimate of drug-likeness (QED) is 0.780. The minimum atomic E-state index is -0.194. The number of rotatable bonds is 3. The number of nitrogens with one attached hydrogen (secondary N) is 1. The molecule has 2 aromatic carbocycles. The molecule has 0 spiro atoms. The van der Waals surface area contributed by atoms with E-state index in [4.69, 9.17) is 0 Å². The van der Waals surface area contributed by atoms with E-state index in [0.29, 0.717) is 12.1 Å². The highest BCUT2D eigenvalue weighted by Gasteiger charge is 2.07. The number of aromatic nitrogens is 1. The van der Waals surface area contributed by atoms with Crippen molar-refractivity contribution in [3.05, 3.63) is 66.1 Å². The van der Waals surface area contributed by atoms with Gasteiger partial charge in [0.1, 0.15) is 5.82 Å². The lowest BCUT2D eigenvalue weighted by molar-refractivity contribution is 0.627. The van der Waals surface area contributed by atoms with Crippen LogP contribution in [0.3, 0.4) is 0 Å². The highest BCUT2D eigenvalue weighted by Crippen LogP contribution is 2.26. The zero-order valence-electron chi connectivity index (χ0n) is 11.2. The highest BCUT2D eigenvalue weighted by atomic mass is 19.1. The van der Waals surface area contributed by atoms with Crippen molar-refractivity contribution in [1.82, 2.24) is 10.3 Å². The number of hydrogen-bond donors (Lipinski definition) is 1. The van der Waals surface area contributed by atoms with Gasteiger partial charge in [-0.25, -0.2) is 4.39 Å². The van der Waals surface area contributed by atoms with Gasteiger partial charge in [-0.05, 0) is 42.4 Å². The van der Waals surface area contributed by atoms with Gasteiger partial charge < -0.3 is 5.32 Å². The largest absolute Gasteiger partial charge is 0.316 e. The maximum absolute atomic E-state index is 14.2. The van der Waals surface area contributed by atoms with E-state index < -0.39 is 0 Å². The summed E-state index contributed by atoms with van der Waals surface area (Å²) in [5.41, 5.74) is 3.36. The van der Waals surface area contributed by atoms with Crippen LogP contribution in [0.5, 0.6) is 0 Å². The fourth-order valence-corrected chi connectivity index (χ4v) is 2.35. The minimum Gasteiger partial charge on any atom is -0.316 e. The Morgan fingerprint density at radius 2 is 2.00 bits per heavy atom. The standard InChI is InChI=1S/C17H15FN2/c1-19-11-12-4-6-15(16(18)9-12)13-5-7-17-14(10-13)3-2-8-20-17/h2-10,19H,11H2,1H3. The molecule has 1 aromatic heterocycles. The van der Waals surface area contributed by atoms with Crippen molar-refractivity contribution in [2.45, 2.75) is 6.54 Å². The summed E-state index contributed by atoms with van der Waals surface area (Å²) in [4.78, 5) is 4.27. The Bertz CT molecular complexity index is 753. The number of nitrogens with zero attached hydrogens (tertiary/aromatic N) is 1. The number of halogens is 1. The maximum Gasteiger partial charge on any atom is 0.131 e. The van der Waals surface area contributed by atoms with Crippen LogP contribution in [-0.4, -0.2) is 12.0 Å². The van der Waals surface area contributed by atoms with Crippen LogP contribution in [0.4, 0.5) is 4.39 Å². The van der Waals surface area contributed by atoms with Gasteiger partial charge in [-0.3, -0.25) is 4.98 Å². The van der Waals surface area contributed by atoms with Crippen LogP contribution < -0.4 is 5.32 Å². The average Bonchev–Trinajstić information content (AvgIpc) is 2.47. The minimum absolute atomic E-state index is 0.194. The van der Waals surface area contributed by atoms with Crippen molar-refractivity contribution in [2.24, 2.45) is 0 Å². The molecule has 0 aliphatic heterocycles. The SMILES string of the molecule is CNCc1ccc(-c2ccc3ncccc3c2)c(F)c1. The molecule has 0 aliphatic rings. The lowest BCUT2D eigenvalue weighted by Gasteiger charge is -2.07. The summed E-state index contributed by atoms with van der Waals surface area (Å²) in [6.45, 7) is 0.666. The maximum atomic E-state index is 14.2. The number of fused-ring (bicyclic) bond motifs is 1. The molecule has 0 aliphatic carbocycles. The third-order valence-electron chi connectivity index (χ3n) is 3.33. The summed E-state index contributed by atoms with van der Waals surface area (Å²) in [7, 11) is 1.85. The molecule has 3 aromatic rings. The second-order valence-electron chi connectivity index (χ2n) is 4.76. The van der Waals surface area contributed by atoms with Crippen LogP contribution in [0.2, 0.25) is 0 Å². The molecule has 3 rings (SSSR count). The van der Waals surface area contributed by atoms with E-state index >= 15 is 0 Å². The zero-order chi connectivity index (χ0) is 13.9. The zero-order valence-corrected chi connectivity index (χ0v) is 11.2. The molecule has 0 saturated heterocycles. The van der Waals surface area contributed by atoms with Crippen LogP contribution in [-0.2, 0) is 6.54 Å². The van der Waals surface area contributed by atoms with Gasteiger partial charge in [-0.2, -0.15) is 0 Å². The van der Waals surface area contributed by atoms with Crippen molar-refractivity contribution in [3.63, 3.8) is 0 Å². The van der Waals surface area contributed by atoms with Crippen LogP contribution in [0.1, 0.15) is 5.56 Å². The van der Waals surface area contributed by atoms with Gasteiger partial charge in [0.2, 0.25) is 0 Å². The Morgan fingerprint density at radius 3 is 2.80 bits per heavy atom. The van der Waals surface area contributed by atoms with Crippen molar-refractivity contribution >= 4 is 10.9 Å². The third kappa shape index (κ3) is 2.40. The summed E-state index contributed by atoms with van der Waals surface area (Å²) < 4.78 is 14.2. The molecule has 2 nitrogen and oxygen atoms in total. The second kappa shape index (κ2) is 5.39. The van der Waals surface area contributed by atoms with Gasteiger partial charge >= 0.3 is 0 Å². The molecule has 0 amide bonds. The molecule has 20 heavy (non-hydrogen) atoms. The molecule has 0 radical (unpaired) electrons. The first-order valence-corrected chi connectivity index (χ1v) is 6.56. The Labute approximate surface area is 117 Å². The molecule has 1 N–H and O–H groups in total. The summed E-state index contributed by atoms with van der Waals surface area (Å²) >= 11 is 0. The smallest absolute Gasteiger partial charge is 0.131 e. The third-order valence-corrected chi connectivity index (χ3v) is 3.33. The fourth-order valence-electron chi connectivity index (χ4n) is 2.35. The first-order valence-electron chi connectivity index (χ1n) is 6.56. The van der Waals surface area contributed by atoms with Gasteiger partial charge in [0.25, 0.3) is 0 Å². The number of benzene rings is 2. The lowest BCUT2D eigenvalue weighted by Crippen LogP contribution is -2.05. The lowest BCUT2D eigenvalue weighted by atomic mass is 10.0. The van der Waals surface area contributed by atoms with Gasteiger partial charge in [-0.15, -0.1) is 0 Å². The second-order valence-corrected chi connectivity index (χ2v) is 4.76. The van der Waals surface area contributed by atoms with Crippen molar-refractivity contribution in [2.75, 3.05) is 7.05 Å². The topological polar surface area (TPSA) is 24.9 Å². The van der Waals surface area contributed by atoms with Crippen LogP contribution in [0.15, 0.2) is 54.7 Å². The Morgan fingerprint density at radius 1 is 1.10 bits per heavy atom. The van der Waals surface area contributed by atoms with Gasteiger partial charge in [-0.1, -0.05) is 24.3 Å². The molecular weight excluding hydrogens is 251 g/mol. The van der Waals surface area contributed by atoms with Gasteiger partial charge in [0, 0.05) is 23.7 Å². The molecule has 0 fully saturated rings. The Kier molecular flexibility index (Phi) is 3.44. The van der Waals surface area contributed by atoms with E-state index in [0.717, 1.165) is 22.0 Å². The van der Waals surface area contributed by atoms with Crippen LogP contribution in [0.25, 0.3) is 22.0 Å². The number of hydrogen-bond acceptors (Lipinski definition) is 2. The normalized spacial score (nSPS) is 10.9. The van der Waals surface area contributed by atoms with Crippen LogP contribution in [0, 0.1) is 5.82 Å². The fraction of sp³-hybridized carbons (Fsp3) is 0.118. The van der Waals surface area contributed by atoms with Crippen LogP contribution >= 0.6 is 0 Å². The molecule has 1 heterocycles. The van der Waals surface area contributed by atoms with E-state index in [9.17, 15) is 4.39 Å². The Balaban J connectivity index is 2.06. The van der Waals surface area contributed by atoms with Crippen molar-refractivity contribution in [3.8, 4) is 11.1 Å². The molecule has 0 bridgehead atoms. The predicted octanol–water partition coefficient (Wildman–Crippen LogP) is 3.76. The summed E-state index contributed by atoms with van der Waals surface area (Å²) in [6.07, 6.45) is 1.76. The first kappa shape index (κ1) is 12.8. The monoisotopic (exact) mass is 266 g/mol. The van der Waals surface area contributed by atoms with E-state index in [2.05, 4.69) is 10.3 Å². The average molecular weight is 266 g/mol.